The van der Waals surface area contributed by atoms with E-state index in [2.05, 4.69) is 10.4 Å². The number of carbonyl (C=O) groups is 1. The van der Waals surface area contributed by atoms with Gasteiger partial charge < -0.3 is 5.32 Å². The van der Waals surface area contributed by atoms with Crippen molar-refractivity contribution in [2.45, 2.75) is 27.3 Å². The van der Waals surface area contributed by atoms with Gasteiger partial charge in [-0.05, 0) is 44.5 Å². The highest BCUT2D eigenvalue weighted by molar-refractivity contribution is 6.31. The van der Waals surface area contributed by atoms with Crippen molar-refractivity contribution < 1.29 is 4.79 Å². The highest BCUT2D eigenvalue weighted by Gasteiger charge is 2.14. The first-order valence-corrected chi connectivity index (χ1v) is 6.51. The van der Waals surface area contributed by atoms with E-state index in [0.717, 1.165) is 16.9 Å². The summed E-state index contributed by atoms with van der Waals surface area (Å²) in [6.45, 7) is 6.35. The van der Waals surface area contributed by atoms with Crippen molar-refractivity contribution in [1.82, 2.24) is 9.78 Å². The van der Waals surface area contributed by atoms with Gasteiger partial charge in [0.1, 0.15) is 5.69 Å². The van der Waals surface area contributed by atoms with E-state index >= 15 is 0 Å². The number of benzene rings is 1. The molecule has 0 aliphatic carbocycles. The van der Waals surface area contributed by atoms with E-state index in [4.69, 9.17) is 11.6 Å². The average Bonchev–Trinajstić information content (AvgIpc) is 2.76. The number of hydrogen-bond donors (Lipinski definition) is 1. The van der Waals surface area contributed by atoms with Crippen LogP contribution in [0.5, 0.6) is 0 Å². The third-order valence-corrected chi connectivity index (χ3v) is 3.36. The topological polar surface area (TPSA) is 46.9 Å². The van der Waals surface area contributed by atoms with Gasteiger partial charge in [-0.1, -0.05) is 17.7 Å². The number of aromatic nitrogens is 2. The molecule has 0 spiro atoms. The smallest absolute Gasteiger partial charge is 0.273 e. The van der Waals surface area contributed by atoms with Crippen LogP contribution < -0.4 is 5.32 Å². The zero-order valence-corrected chi connectivity index (χ0v) is 12.0. The zero-order valence-electron chi connectivity index (χ0n) is 11.2. The van der Waals surface area contributed by atoms with Gasteiger partial charge in [0.2, 0.25) is 0 Å². The molecule has 1 heterocycles. The van der Waals surface area contributed by atoms with E-state index < -0.39 is 0 Å². The molecule has 2 rings (SSSR count). The van der Waals surface area contributed by atoms with Gasteiger partial charge in [0.25, 0.3) is 5.91 Å². The quantitative estimate of drug-likeness (QED) is 0.934. The lowest BCUT2D eigenvalue weighted by molar-refractivity contribution is 0.101. The molecule has 0 aliphatic rings. The van der Waals surface area contributed by atoms with Crippen LogP contribution in [0.4, 0.5) is 5.69 Å². The lowest BCUT2D eigenvalue weighted by Crippen LogP contribution is -2.17. The number of nitrogens with zero attached hydrogens (tertiary/aromatic N) is 2. The molecule has 0 fully saturated rings. The van der Waals surface area contributed by atoms with Crippen LogP contribution in [0.1, 0.15) is 28.7 Å². The summed E-state index contributed by atoms with van der Waals surface area (Å²) >= 11 is 6.04. The van der Waals surface area contributed by atoms with E-state index in [1.807, 2.05) is 32.9 Å². The van der Waals surface area contributed by atoms with Crippen molar-refractivity contribution in [2.24, 2.45) is 0 Å². The second-order valence-electron chi connectivity index (χ2n) is 4.35. The first-order chi connectivity index (χ1) is 9.02. The fourth-order valence-corrected chi connectivity index (χ4v) is 2.07. The summed E-state index contributed by atoms with van der Waals surface area (Å²) < 4.78 is 1.69. The minimum atomic E-state index is -0.173. The summed E-state index contributed by atoms with van der Waals surface area (Å²) in [7, 11) is 0. The summed E-state index contributed by atoms with van der Waals surface area (Å²) in [4.78, 5) is 12.3. The molecule has 2 aromatic rings. The second kappa shape index (κ2) is 5.45. The molecule has 4 nitrogen and oxygen atoms in total. The summed E-state index contributed by atoms with van der Waals surface area (Å²) in [5, 5.41) is 7.77. The van der Waals surface area contributed by atoms with Crippen LogP contribution in [0.25, 0.3) is 0 Å². The van der Waals surface area contributed by atoms with E-state index in [9.17, 15) is 4.79 Å². The van der Waals surface area contributed by atoms with Gasteiger partial charge in [-0.2, -0.15) is 5.10 Å². The van der Waals surface area contributed by atoms with Gasteiger partial charge in [-0.15, -0.1) is 0 Å². The summed E-state index contributed by atoms with van der Waals surface area (Å²) in [5.74, 6) is -0.173. The maximum absolute atomic E-state index is 12.3. The Hall–Kier alpha value is -1.81. The first-order valence-electron chi connectivity index (χ1n) is 6.14. The van der Waals surface area contributed by atoms with Crippen molar-refractivity contribution >= 4 is 23.2 Å². The molecule has 5 heteroatoms. The van der Waals surface area contributed by atoms with Gasteiger partial charge in [0.15, 0.2) is 0 Å². The maximum Gasteiger partial charge on any atom is 0.273 e. The standard InChI is InChI=1S/C14H16ClN3O/c1-4-18-13(8-9(2)17-18)14(19)16-12-7-5-6-11(15)10(12)3/h5-8H,4H2,1-3H3,(H,16,19). The van der Waals surface area contributed by atoms with Crippen LogP contribution in [0.15, 0.2) is 24.3 Å². The molecular weight excluding hydrogens is 262 g/mol. The van der Waals surface area contributed by atoms with Crippen LogP contribution in [-0.2, 0) is 6.54 Å². The molecule has 0 bridgehead atoms. The largest absolute Gasteiger partial charge is 0.320 e. The molecule has 19 heavy (non-hydrogen) atoms. The zero-order chi connectivity index (χ0) is 14.0. The van der Waals surface area contributed by atoms with E-state index in [-0.39, 0.29) is 5.91 Å². The molecule has 0 unspecified atom stereocenters. The molecule has 100 valence electrons. The predicted molar refractivity (Wildman–Crippen MR) is 76.8 cm³/mol. The Kier molecular flexibility index (Phi) is 3.90. The van der Waals surface area contributed by atoms with Crippen molar-refractivity contribution in [1.29, 1.82) is 0 Å². The number of hydrogen-bond acceptors (Lipinski definition) is 2. The number of amides is 1. The minimum Gasteiger partial charge on any atom is -0.320 e. The molecule has 0 saturated carbocycles. The third-order valence-electron chi connectivity index (χ3n) is 2.95. The van der Waals surface area contributed by atoms with Gasteiger partial charge >= 0.3 is 0 Å². The molecule has 1 aromatic carbocycles. The van der Waals surface area contributed by atoms with Crippen LogP contribution >= 0.6 is 11.6 Å². The number of nitrogens with one attached hydrogen (secondary N) is 1. The Morgan fingerprint density at radius 1 is 1.42 bits per heavy atom. The monoisotopic (exact) mass is 277 g/mol. The van der Waals surface area contributed by atoms with Gasteiger partial charge in [0.05, 0.1) is 5.69 Å². The predicted octanol–water partition coefficient (Wildman–Crippen LogP) is 3.43. The molecular formula is C14H16ClN3O. The molecule has 0 saturated heterocycles. The Morgan fingerprint density at radius 2 is 2.16 bits per heavy atom. The van der Waals surface area contributed by atoms with Crippen molar-refractivity contribution in [3.05, 3.63) is 46.2 Å². The Labute approximate surface area is 117 Å². The maximum atomic E-state index is 12.3. The lowest BCUT2D eigenvalue weighted by atomic mass is 10.2. The third kappa shape index (κ3) is 2.79. The summed E-state index contributed by atoms with van der Waals surface area (Å²) in [5.41, 5.74) is 2.96. The van der Waals surface area contributed by atoms with Gasteiger partial charge in [-0.25, -0.2) is 0 Å². The van der Waals surface area contributed by atoms with E-state index in [0.29, 0.717) is 17.3 Å². The summed E-state index contributed by atoms with van der Waals surface area (Å²) in [6, 6.07) is 7.22. The van der Waals surface area contributed by atoms with E-state index in [1.54, 1.807) is 16.8 Å². The van der Waals surface area contributed by atoms with Crippen LogP contribution in [0, 0.1) is 13.8 Å². The molecule has 1 N–H and O–H groups in total. The highest BCUT2D eigenvalue weighted by atomic mass is 35.5. The minimum absolute atomic E-state index is 0.173. The highest BCUT2D eigenvalue weighted by Crippen LogP contribution is 2.23. The van der Waals surface area contributed by atoms with Gasteiger partial charge in [-0.3, -0.25) is 9.48 Å². The van der Waals surface area contributed by atoms with Crippen LogP contribution in [0.3, 0.4) is 0 Å². The number of anilines is 1. The Morgan fingerprint density at radius 3 is 2.84 bits per heavy atom. The molecule has 0 atom stereocenters. The number of halogens is 1. The van der Waals surface area contributed by atoms with Crippen LogP contribution in [-0.4, -0.2) is 15.7 Å². The van der Waals surface area contributed by atoms with E-state index in [1.165, 1.54) is 0 Å². The Bertz CT molecular complexity index is 619. The number of aryl methyl sites for hydroxylation is 2. The Balaban J connectivity index is 2.28. The van der Waals surface area contributed by atoms with Crippen LogP contribution in [0.2, 0.25) is 5.02 Å². The number of carbonyl (C=O) groups excluding carboxylic acids is 1. The molecule has 0 aliphatic heterocycles. The molecule has 1 amide bonds. The SMILES string of the molecule is CCn1nc(C)cc1C(=O)Nc1cccc(Cl)c1C. The molecule has 1 aromatic heterocycles. The van der Waals surface area contributed by atoms with Gasteiger partial charge in [0, 0.05) is 17.3 Å². The number of rotatable bonds is 3. The van der Waals surface area contributed by atoms with Crippen molar-refractivity contribution in [2.75, 3.05) is 5.32 Å². The molecule has 0 radical (unpaired) electrons. The fourth-order valence-electron chi connectivity index (χ4n) is 1.90. The second-order valence-corrected chi connectivity index (χ2v) is 4.76. The lowest BCUT2D eigenvalue weighted by Gasteiger charge is -2.10. The first kappa shape index (κ1) is 13.6. The fraction of sp³-hybridized carbons (Fsp3) is 0.286. The van der Waals surface area contributed by atoms with Crippen molar-refractivity contribution in [3.63, 3.8) is 0 Å². The van der Waals surface area contributed by atoms with Crippen molar-refractivity contribution in [3.8, 4) is 0 Å². The summed E-state index contributed by atoms with van der Waals surface area (Å²) in [6.07, 6.45) is 0. The average molecular weight is 278 g/mol. The normalized spacial score (nSPS) is 10.5.